The molecule has 0 aromatic heterocycles. The van der Waals surface area contributed by atoms with Crippen LogP contribution in [0.5, 0.6) is 0 Å². The summed E-state index contributed by atoms with van der Waals surface area (Å²) in [6.07, 6.45) is 1.67. The molecular formula is C17H28N2O. The highest BCUT2D eigenvalue weighted by atomic mass is 16.2. The minimum atomic E-state index is -0.479. The molecule has 0 fully saturated rings. The molecule has 0 bridgehead atoms. The van der Waals surface area contributed by atoms with E-state index in [4.69, 9.17) is 5.73 Å². The molecule has 0 radical (unpaired) electrons. The van der Waals surface area contributed by atoms with Gasteiger partial charge in [0, 0.05) is 6.54 Å². The van der Waals surface area contributed by atoms with Crippen LogP contribution in [-0.4, -0.2) is 18.5 Å². The summed E-state index contributed by atoms with van der Waals surface area (Å²) in [5.74, 6) is 0.561. The molecule has 0 saturated carbocycles. The summed E-state index contributed by atoms with van der Waals surface area (Å²) < 4.78 is 0. The van der Waals surface area contributed by atoms with Gasteiger partial charge in [-0.05, 0) is 29.7 Å². The predicted octanol–water partition coefficient (Wildman–Crippen LogP) is 2.74. The van der Waals surface area contributed by atoms with E-state index < -0.39 is 6.04 Å². The number of nitrogens with one attached hydrogen (secondary N) is 1. The van der Waals surface area contributed by atoms with E-state index in [0.717, 1.165) is 12.0 Å². The molecule has 1 amide bonds. The zero-order valence-corrected chi connectivity index (χ0v) is 13.1. The van der Waals surface area contributed by atoms with Crippen molar-refractivity contribution in [1.82, 2.24) is 5.32 Å². The molecule has 3 nitrogen and oxygen atoms in total. The van der Waals surface area contributed by atoms with Gasteiger partial charge < -0.3 is 11.1 Å². The molecule has 1 atom stereocenters. The van der Waals surface area contributed by atoms with E-state index in [0.29, 0.717) is 18.9 Å². The quantitative estimate of drug-likeness (QED) is 0.804. The van der Waals surface area contributed by atoms with Crippen molar-refractivity contribution in [3.8, 4) is 0 Å². The third kappa shape index (κ3) is 6.20. The molecule has 20 heavy (non-hydrogen) atoms. The van der Waals surface area contributed by atoms with Crippen LogP contribution in [0.1, 0.15) is 39.7 Å². The van der Waals surface area contributed by atoms with E-state index in [1.54, 1.807) is 0 Å². The van der Waals surface area contributed by atoms with Gasteiger partial charge in [0.2, 0.25) is 5.91 Å². The second-order valence-corrected chi connectivity index (χ2v) is 6.78. The molecule has 0 spiro atoms. The highest BCUT2D eigenvalue weighted by molar-refractivity contribution is 5.81. The fourth-order valence-corrected chi connectivity index (χ4v) is 2.60. The van der Waals surface area contributed by atoms with Crippen LogP contribution in [0.4, 0.5) is 0 Å². The minimum Gasteiger partial charge on any atom is -0.354 e. The second-order valence-electron chi connectivity index (χ2n) is 6.78. The molecule has 0 aliphatic heterocycles. The van der Waals surface area contributed by atoms with Gasteiger partial charge in [0.25, 0.3) is 0 Å². The van der Waals surface area contributed by atoms with Crippen LogP contribution in [0.15, 0.2) is 30.3 Å². The molecule has 0 saturated heterocycles. The lowest BCUT2D eigenvalue weighted by atomic mass is 9.84. The zero-order valence-electron chi connectivity index (χ0n) is 13.1. The summed E-state index contributed by atoms with van der Waals surface area (Å²) in [7, 11) is 0. The molecule has 1 aromatic carbocycles. The summed E-state index contributed by atoms with van der Waals surface area (Å²) in [4.78, 5) is 12.0. The van der Waals surface area contributed by atoms with Gasteiger partial charge >= 0.3 is 0 Å². The Morgan fingerprint density at radius 2 is 1.85 bits per heavy atom. The standard InChI is InChI=1S/C17H28N2O/c1-13(2)11-17(3,4)12-19-16(20)15(18)10-14-8-6-5-7-9-14/h5-9,13,15H,10-12,18H2,1-4H3,(H,19,20)/t15-/m0/s1. The van der Waals surface area contributed by atoms with E-state index in [9.17, 15) is 4.79 Å². The topological polar surface area (TPSA) is 55.1 Å². The van der Waals surface area contributed by atoms with Crippen molar-refractivity contribution in [2.45, 2.75) is 46.6 Å². The Balaban J connectivity index is 2.42. The fourth-order valence-electron chi connectivity index (χ4n) is 2.60. The number of rotatable bonds is 7. The third-order valence-electron chi connectivity index (χ3n) is 3.34. The Labute approximate surface area is 122 Å². The Bertz CT molecular complexity index is 412. The summed E-state index contributed by atoms with van der Waals surface area (Å²) in [6.45, 7) is 9.42. The molecule has 0 aliphatic rings. The Morgan fingerprint density at radius 3 is 2.40 bits per heavy atom. The maximum Gasteiger partial charge on any atom is 0.237 e. The van der Waals surface area contributed by atoms with E-state index >= 15 is 0 Å². The van der Waals surface area contributed by atoms with Crippen LogP contribution in [-0.2, 0) is 11.2 Å². The predicted molar refractivity (Wildman–Crippen MR) is 84.4 cm³/mol. The molecule has 112 valence electrons. The Kier molecular flexibility index (Phi) is 6.21. The SMILES string of the molecule is CC(C)CC(C)(C)CNC(=O)[C@@H](N)Cc1ccccc1. The van der Waals surface area contributed by atoms with E-state index in [1.807, 2.05) is 30.3 Å². The van der Waals surface area contributed by atoms with Crippen LogP contribution in [0.25, 0.3) is 0 Å². The highest BCUT2D eigenvalue weighted by Gasteiger charge is 2.22. The van der Waals surface area contributed by atoms with Gasteiger partial charge in [-0.25, -0.2) is 0 Å². The van der Waals surface area contributed by atoms with Gasteiger partial charge in [0.05, 0.1) is 6.04 Å². The summed E-state index contributed by atoms with van der Waals surface area (Å²) >= 11 is 0. The van der Waals surface area contributed by atoms with Crippen LogP contribution in [0.3, 0.4) is 0 Å². The van der Waals surface area contributed by atoms with Gasteiger partial charge in [-0.15, -0.1) is 0 Å². The monoisotopic (exact) mass is 276 g/mol. The average Bonchev–Trinajstić information content (AvgIpc) is 2.35. The number of hydrogen-bond donors (Lipinski definition) is 2. The van der Waals surface area contributed by atoms with Crippen molar-refractivity contribution in [2.75, 3.05) is 6.54 Å². The lowest BCUT2D eigenvalue weighted by molar-refractivity contribution is -0.122. The fraction of sp³-hybridized carbons (Fsp3) is 0.588. The first kappa shape index (κ1) is 16.7. The van der Waals surface area contributed by atoms with Crippen molar-refractivity contribution >= 4 is 5.91 Å². The first-order valence-corrected chi connectivity index (χ1v) is 7.37. The first-order chi connectivity index (χ1) is 9.30. The van der Waals surface area contributed by atoms with E-state index in [2.05, 4.69) is 33.0 Å². The number of carbonyl (C=O) groups excluding carboxylic acids is 1. The molecule has 1 aromatic rings. The molecule has 0 unspecified atom stereocenters. The second kappa shape index (κ2) is 7.44. The van der Waals surface area contributed by atoms with Gasteiger partial charge in [0.1, 0.15) is 0 Å². The van der Waals surface area contributed by atoms with Gasteiger partial charge in [-0.1, -0.05) is 58.0 Å². The highest BCUT2D eigenvalue weighted by Crippen LogP contribution is 2.24. The summed E-state index contributed by atoms with van der Waals surface area (Å²) in [5.41, 5.74) is 7.17. The zero-order chi connectivity index (χ0) is 15.2. The van der Waals surface area contributed by atoms with Gasteiger partial charge in [0.15, 0.2) is 0 Å². The molecular weight excluding hydrogens is 248 g/mol. The molecule has 3 N–H and O–H groups in total. The number of amides is 1. The third-order valence-corrected chi connectivity index (χ3v) is 3.34. The molecule has 0 aliphatic carbocycles. The first-order valence-electron chi connectivity index (χ1n) is 7.37. The van der Waals surface area contributed by atoms with E-state index in [-0.39, 0.29) is 11.3 Å². The lowest BCUT2D eigenvalue weighted by Gasteiger charge is -2.27. The van der Waals surface area contributed by atoms with Crippen molar-refractivity contribution in [3.05, 3.63) is 35.9 Å². The molecule has 3 heteroatoms. The van der Waals surface area contributed by atoms with Crippen LogP contribution in [0.2, 0.25) is 0 Å². The van der Waals surface area contributed by atoms with Crippen molar-refractivity contribution < 1.29 is 4.79 Å². The molecule has 1 rings (SSSR count). The summed E-state index contributed by atoms with van der Waals surface area (Å²) in [6, 6.07) is 9.40. The summed E-state index contributed by atoms with van der Waals surface area (Å²) in [5, 5.41) is 2.98. The Morgan fingerprint density at radius 1 is 1.25 bits per heavy atom. The number of benzene rings is 1. The van der Waals surface area contributed by atoms with Crippen molar-refractivity contribution in [1.29, 1.82) is 0 Å². The minimum absolute atomic E-state index is 0.0642. The lowest BCUT2D eigenvalue weighted by Crippen LogP contribution is -2.45. The van der Waals surface area contributed by atoms with Crippen molar-refractivity contribution in [3.63, 3.8) is 0 Å². The normalized spacial score (nSPS) is 13.3. The van der Waals surface area contributed by atoms with Crippen LogP contribution in [0, 0.1) is 11.3 Å². The van der Waals surface area contributed by atoms with Gasteiger partial charge in [-0.3, -0.25) is 4.79 Å². The van der Waals surface area contributed by atoms with E-state index in [1.165, 1.54) is 0 Å². The van der Waals surface area contributed by atoms with Gasteiger partial charge in [-0.2, -0.15) is 0 Å². The largest absolute Gasteiger partial charge is 0.354 e. The number of hydrogen-bond acceptors (Lipinski definition) is 2. The van der Waals surface area contributed by atoms with Crippen molar-refractivity contribution in [2.24, 2.45) is 17.1 Å². The van der Waals surface area contributed by atoms with Crippen LogP contribution < -0.4 is 11.1 Å². The Hall–Kier alpha value is -1.35. The average molecular weight is 276 g/mol. The maximum absolute atomic E-state index is 12.0. The maximum atomic E-state index is 12.0. The number of carbonyl (C=O) groups is 1. The smallest absolute Gasteiger partial charge is 0.237 e. The van der Waals surface area contributed by atoms with Crippen LogP contribution >= 0.6 is 0 Å². The number of nitrogens with two attached hydrogens (primary N) is 1. The molecule has 0 heterocycles.